The molecular weight excluding hydrogens is 629 g/mol. The summed E-state index contributed by atoms with van der Waals surface area (Å²) in [7, 11) is -4.20. The van der Waals surface area contributed by atoms with E-state index in [-0.39, 0.29) is 23.0 Å². The number of hydrogen-bond acceptors (Lipinski definition) is 6. The molecule has 0 bridgehead atoms. The minimum Gasteiger partial charge on any atom is -0.494 e. The minimum atomic E-state index is -4.20. The predicted octanol–water partition coefficient (Wildman–Crippen LogP) is 6.64. The fourth-order valence-corrected chi connectivity index (χ4v) is 6.31. The van der Waals surface area contributed by atoms with Crippen LogP contribution in [-0.2, 0) is 26.2 Å². The van der Waals surface area contributed by atoms with Crippen LogP contribution in [0, 0.1) is 0 Å². The topological polar surface area (TPSA) is 96.0 Å². The number of nitrogens with zero attached hydrogens (tertiary/aromatic N) is 2. The fourth-order valence-electron chi connectivity index (χ4n) is 4.17. The summed E-state index contributed by atoms with van der Waals surface area (Å²) in [6.07, 6.45) is 1.90. The smallest absolute Gasteiger partial charge is 0.264 e. The number of rotatable bonds is 12. The van der Waals surface area contributed by atoms with Gasteiger partial charge in [0.05, 0.1) is 27.2 Å². The van der Waals surface area contributed by atoms with Crippen LogP contribution in [0.4, 0.5) is 5.69 Å². The van der Waals surface area contributed by atoms with Crippen molar-refractivity contribution in [2.45, 2.75) is 62.5 Å². The van der Waals surface area contributed by atoms with E-state index in [1.807, 2.05) is 34.0 Å². The van der Waals surface area contributed by atoms with Crippen LogP contribution in [-0.4, -0.2) is 56.1 Å². The van der Waals surface area contributed by atoms with Gasteiger partial charge in [0.25, 0.3) is 10.0 Å². The zero-order valence-corrected chi connectivity index (χ0v) is 28.2. The standard InChI is InChI=1S/C31H37Cl2N3O5S2/c1-7-41-24-11-9-23(10-12-24)36(43(39,40)26-15-13-25(42-6)14-16-26)20-29(37)35(21(2)30(38)34-31(3,4)5)19-22-8-17-27(32)28(33)18-22/h8-18,21H,7,19-20H2,1-6H3,(H,34,38)/t21-/m1/s1. The summed E-state index contributed by atoms with van der Waals surface area (Å²) >= 11 is 13.8. The Morgan fingerprint density at radius 2 is 1.60 bits per heavy atom. The Hall–Kier alpha value is -2.92. The molecule has 0 aliphatic rings. The lowest BCUT2D eigenvalue weighted by Gasteiger charge is -2.33. The number of halogens is 2. The fraction of sp³-hybridized carbons (Fsp3) is 0.355. The number of carbonyl (C=O) groups excluding carboxylic acids is 2. The number of sulfonamides is 1. The Kier molecular flexibility index (Phi) is 11.8. The molecule has 0 aliphatic carbocycles. The monoisotopic (exact) mass is 665 g/mol. The van der Waals surface area contributed by atoms with Crippen molar-refractivity contribution in [1.82, 2.24) is 10.2 Å². The number of anilines is 1. The molecule has 0 spiro atoms. The molecule has 0 aromatic heterocycles. The molecular formula is C31H37Cl2N3O5S2. The van der Waals surface area contributed by atoms with Gasteiger partial charge in [-0.2, -0.15) is 0 Å². The van der Waals surface area contributed by atoms with Crippen LogP contribution in [0.2, 0.25) is 10.0 Å². The van der Waals surface area contributed by atoms with Crippen molar-refractivity contribution in [1.29, 1.82) is 0 Å². The molecule has 2 amide bonds. The van der Waals surface area contributed by atoms with E-state index in [1.54, 1.807) is 61.5 Å². The van der Waals surface area contributed by atoms with Crippen LogP contribution in [0.5, 0.6) is 5.75 Å². The normalized spacial score (nSPS) is 12.4. The summed E-state index contributed by atoms with van der Waals surface area (Å²) in [5.74, 6) is -0.405. The van der Waals surface area contributed by atoms with Gasteiger partial charge in [0.2, 0.25) is 11.8 Å². The second-order valence-electron chi connectivity index (χ2n) is 10.8. The maximum atomic E-state index is 14.1. The summed E-state index contributed by atoms with van der Waals surface area (Å²) < 4.78 is 34.7. The van der Waals surface area contributed by atoms with Crippen molar-refractivity contribution in [3.05, 3.63) is 82.3 Å². The van der Waals surface area contributed by atoms with Crippen LogP contribution < -0.4 is 14.4 Å². The number of hydrogen-bond donors (Lipinski definition) is 1. The summed E-state index contributed by atoms with van der Waals surface area (Å²) in [6, 6.07) is 16.9. The van der Waals surface area contributed by atoms with E-state index in [2.05, 4.69) is 5.32 Å². The molecule has 3 aromatic rings. The van der Waals surface area contributed by atoms with E-state index in [1.165, 1.54) is 28.8 Å². The summed E-state index contributed by atoms with van der Waals surface area (Å²) in [4.78, 5) is 29.6. The SMILES string of the molecule is CCOc1ccc(N(CC(=O)N(Cc2ccc(Cl)c(Cl)c2)[C@H](C)C(=O)NC(C)(C)C)S(=O)(=O)c2ccc(SC)cc2)cc1. The molecule has 43 heavy (non-hydrogen) atoms. The van der Waals surface area contributed by atoms with Crippen molar-refractivity contribution >= 4 is 62.5 Å². The van der Waals surface area contributed by atoms with Gasteiger partial charge in [-0.15, -0.1) is 11.8 Å². The first kappa shape index (κ1) is 34.6. The van der Waals surface area contributed by atoms with Crippen LogP contribution in [0.1, 0.15) is 40.2 Å². The predicted molar refractivity (Wildman–Crippen MR) is 175 cm³/mol. The Bertz CT molecular complexity index is 1530. The molecule has 0 saturated carbocycles. The van der Waals surface area contributed by atoms with Gasteiger partial charge in [-0.3, -0.25) is 13.9 Å². The lowest BCUT2D eigenvalue weighted by molar-refractivity contribution is -0.140. The molecule has 8 nitrogen and oxygen atoms in total. The van der Waals surface area contributed by atoms with E-state index in [0.717, 1.165) is 9.20 Å². The van der Waals surface area contributed by atoms with Crippen molar-refractivity contribution in [2.24, 2.45) is 0 Å². The van der Waals surface area contributed by atoms with Gasteiger partial charge in [-0.1, -0.05) is 29.3 Å². The summed E-state index contributed by atoms with van der Waals surface area (Å²) in [6.45, 7) is 8.85. The van der Waals surface area contributed by atoms with Gasteiger partial charge in [0.1, 0.15) is 18.3 Å². The van der Waals surface area contributed by atoms with Crippen LogP contribution >= 0.6 is 35.0 Å². The largest absolute Gasteiger partial charge is 0.494 e. The average Bonchev–Trinajstić information content (AvgIpc) is 2.95. The first-order valence-electron chi connectivity index (χ1n) is 13.6. The molecule has 3 aromatic carbocycles. The van der Waals surface area contributed by atoms with E-state index in [9.17, 15) is 18.0 Å². The molecule has 1 N–H and O–H groups in total. The van der Waals surface area contributed by atoms with Crippen molar-refractivity contribution < 1.29 is 22.7 Å². The van der Waals surface area contributed by atoms with E-state index in [4.69, 9.17) is 27.9 Å². The van der Waals surface area contributed by atoms with Gasteiger partial charge in [-0.25, -0.2) is 8.42 Å². The molecule has 0 heterocycles. The number of thioether (sulfide) groups is 1. The highest BCUT2D eigenvalue weighted by molar-refractivity contribution is 7.98. The van der Waals surface area contributed by atoms with Crippen LogP contribution in [0.15, 0.2) is 76.5 Å². The molecule has 0 radical (unpaired) electrons. The van der Waals surface area contributed by atoms with Gasteiger partial charge in [0.15, 0.2) is 0 Å². The second kappa shape index (κ2) is 14.7. The third kappa shape index (κ3) is 9.28. The molecule has 12 heteroatoms. The zero-order valence-electron chi connectivity index (χ0n) is 25.1. The lowest BCUT2D eigenvalue weighted by Crippen LogP contribution is -2.54. The quantitative estimate of drug-likeness (QED) is 0.218. The molecule has 0 fully saturated rings. The van der Waals surface area contributed by atoms with Gasteiger partial charge in [-0.05, 0) is 107 Å². The van der Waals surface area contributed by atoms with E-state index in [0.29, 0.717) is 28.0 Å². The minimum absolute atomic E-state index is 0.00592. The first-order valence-corrected chi connectivity index (χ1v) is 17.0. The number of ether oxygens (including phenoxy) is 1. The number of carbonyl (C=O) groups is 2. The van der Waals surface area contributed by atoms with Crippen molar-refractivity contribution in [2.75, 3.05) is 23.7 Å². The first-order chi connectivity index (χ1) is 20.2. The Morgan fingerprint density at radius 1 is 0.977 bits per heavy atom. The highest BCUT2D eigenvalue weighted by Gasteiger charge is 2.33. The lowest BCUT2D eigenvalue weighted by atomic mass is 10.1. The average molecular weight is 667 g/mol. The van der Waals surface area contributed by atoms with Crippen molar-refractivity contribution in [3.63, 3.8) is 0 Å². The van der Waals surface area contributed by atoms with E-state index >= 15 is 0 Å². The second-order valence-corrected chi connectivity index (χ2v) is 14.4. The molecule has 0 unspecified atom stereocenters. The Morgan fingerprint density at radius 3 is 2.14 bits per heavy atom. The van der Waals surface area contributed by atoms with Gasteiger partial charge in [0, 0.05) is 17.0 Å². The van der Waals surface area contributed by atoms with Crippen LogP contribution in [0.3, 0.4) is 0 Å². The highest BCUT2D eigenvalue weighted by atomic mass is 35.5. The molecule has 3 rings (SSSR count). The molecule has 0 saturated heterocycles. The zero-order chi connectivity index (χ0) is 31.9. The highest BCUT2D eigenvalue weighted by Crippen LogP contribution is 2.28. The summed E-state index contributed by atoms with van der Waals surface area (Å²) in [5, 5.41) is 3.55. The van der Waals surface area contributed by atoms with Crippen LogP contribution in [0.25, 0.3) is 0 Å². The number of nitrogens with one attached hydrogen (secondary N) is 1. The van der Waals surface area contributed by atoms with Gasteiger partial charge < -0.3 is 15.0 Å². The third-order valence-corrected chi connectivity index (χ3v) is 9.64. The number of benzene rings is 3. The molecule has 232 valence electrons. The van der Waals surface area contributed by atoms with Gasteiger partial charge >= 0.3 is 0 Å². The number of amides is 2. The van der Waals surface area contributed by atoms with E-state index < -0.39 is 34.1 Å². The van der Waals surface area contributed by atoms with Crippen molar-refractivity contribution in [3.8, 4) is 5.75 Å². The Labute approximate surface area is 268 Å². The maximum Gasteiger partial charge on any atom is 0.264 e. The third-order valence-electron chi connectivity index (χ3n) is 6.36. The molecule has 1 atom stereocenters. The molecule has 0 aliphatic heterocycles. The summed E-state index contributed by atoms with van der Waals surface area (Å²) in [5.41, 5.74) is 0.345. The Balaban J connectivity index is 2.06. The maximum absolute atomic E-state index is 14.1.